The van der Waals surface area contributed by atoms with Crippen LogP contribution in [0.1, 0.15) is 343 Å². The number of unbranched alkanes of at least 4 members (excludes halogenated alkanes) is 40. The third kappa shape index (κ3) is 55.2. The molecule has 0 saturated heterocycles. The molecular weight excluding hydrogens is 829 g/mol. The Labute approximate surface area is 418 Å². The number of esters is 3. The van der Waals surface area contributed by atoms with Gasteiger partial charge in [0.15, 0.2) is 6.10 Å². The molecule has 0 amide bonds. The van der Waals surface area contributed by atoms with E-state index in [1.807, 2.05) is 0 Å². The van der Waals surface area contributed by atoms with Gasteiger partial charge in [-0.1, -0.05) is 304 Å². The molecule has 0 N–H and O–H groups in total. The minimum atomic E-state index is -0.763. The molecular formula is C61H118O6. The van der Waals surface area contributed by atoms with Gasteiger partial charge in [-0.3, -0.25) is 14.4 Å². The summed E-state index contributed by atoms with van der Waals surface area (Å²) in [5.74, 6) is 0.855. The van der Waals surface area contributed by atoms with Gasteiger partial charge in [-0.15, -0.1) is 0 Å². The molecule has 0 unspecified atom stereocenters. The van der Waals surface area contributed by atoms with Crippen LogP contribution in [0.25, 0.3) is 0 Å². The van der Waals surface area contributed by atoms with Crippen LogP contribution >= 0.6 is 0 Å². The average molecular weight is 948 g/mol. The van der Waals surface area contributed by atoms with Gasteiger partial charge in [0.1, 0.15) is 13.2 Å². The minimum Gasteiger partial charge on any atom is -0.462 e. The van der Waals surface area contributed by atoms with E-state index < -0.39 is 6.10 Å². The summed E-state index contributed by atoms with van der Waals surface area (Å²) in [6.45, 7) is 11.4. The van der Waals surface area contributed by atoms with Gasteiger partial charge < -0.3 is 14.2 Å². The van der Waals surface area contributed by atoms with Gasteiger partial charge in [0.05, 0.1) is 0 Å². The maximum absolute atomic E-state index is 12.9. The Morgan fingerprint density at radius 1 is 0.284 bits per heavy atom. The summed E-state index contributed by atoms with van der Waals surface area (Å²) >= 11 is 0. The predicted octanol–water partition coefficient (Wildman–Crippen LogP) is 20.0. The topological polar surface area (TPSA) is 78.9 Å². The van der Waals surface area contributed by atoms with Crippen molar-refractivity contribution in [3.05, 3.63) is 0 Å². The third-order valence-electron chi connectivity index (χ3n) is 14.0. The zero-order valence-corrected chi connectivity index (χ0v) is 46.0. The van der Waals surface area contributed by atoms with E-state index >= 15 is 0 Å². The van der Waals surface area contributed by atoms with Crippen LogP contribution in [0, 0.1) is 11.8 Å². The number of carbonyl (C=O) groups excluding carboxylic acids is 3. The molecule has 0 rings (SSSR count). The van der Waals surface area contributed by atoms with Crippen molar-refractivity contribution in [2.24, 2.45) is 11.8 Å². The van der Waals surface area contributed by atoms with Gasteiger partial charge in [0, 0.05) is 19.3 Å². The van der Waals surface area contributed by atoms with Crippen LogP contribution < -0.4 is 0 Å². The highest BCUT2D eigenvalue weighted by Gasteiger charge is 2.19. The fourth-order valence-electron chi connectivity index (χ4n) is 9.40. The molecule has 0 aromatic heterocycles. The normalized spacial score (nSPS) is 12.0. The van der Waals surface area contributed by atoms with Crippen LogP contribution in [0.4, 0.5) is 0 Å². The predicted molar refractivity (Wildman–Crippen MR) is 289 cm³/mol. The second-order valence-corrected chi connectivity index (χ2v) is 21.9. The van der Waals surface area contributed by atoms with Crippen molar-refractivity contribution in [2.45, 2.75) is 349 Å². The Kier molecular flexibility index (Phi) is 52.5. The molecule has 6 nitrogen and oxygen atoms in total. The van der Waals surface area contributed by atoms with E-state index in [2.05, 4.69) is 34.6 Å². The van der Waals surface area contributed by atoms with Crippen molar-refractivity contribution in [3.63, 3.8) is 0 Å². The number of rotatable bonds is 55. The van der Waals surface area contributed by atoms with E-state index in [1.54, 1.807) is 0 Å². The lowest BCUT2D eigenvalue weighted by atomic mass is 10.0. The molecule has 0 bridgehead atoms. The Hall–Kier alpha value is -1.59. The van der Waals surface area contributed by atoms with Crippen LogP contribution in [0.5, 0.6) is 0 Å². The summed E-state index contributed by atoms with van der Waals surface area (Å²) in [5.41, 5.74) is 0. The van der Waals surface area contributed by atoms with E-state index in [-0.39, 0.29) is 31.1 Å². The van der Waals surface area contributed by atoms with Gasteiger partial charge in [0.25, 0.3) is 0 Å². The first kappa shape index (κ1) is 65.4. The largest absolute Gasteiger partial charge is 0.462 e. The summed E-state index contributed by atoms with van der Waals surface area (Å²) in [5, 5.41) is 0. The van der Waals surface area contributed by atoms with E-state index in [9.17, 15) is 14.4 Å². The molecule has 0 aliphatic rings. The summed E-state index contributed by atoms with van der Waals surface area (Å²) in [7, 11) is 0. The molecule has 0 aromatic rings. The van der Waals surface area contributed by atoms with Crippen molar-refractivity contribution in [1.82, 2.24) is 0 Å². The summed E-state index contributed by atoms with van der Waals surface area (Å²) < 4.78 is 16.9. The molecule has 0 radical (unpaired) electrons. The quantitative estimate of drug-likeness (QED) is 0.0343. The second kappa shape index (κ2) is 53.8. The van der Waals surface area contributed by atoms with Crippen molar-refractivity contribution in [2.75, 3.05) is 13.2 Å². The van der Waals surface area contributed by atoms with Gasteiger partial charge in [-0.05, 0) is 31.1 Å². The SMILES string of the molecule is CCCCCCCCCCCCCCCC(=O)OC[C@H](COC(=O)CCCCCCCCCCCCCCCCCCCCC(C)C)OC(=O)CCCCCCCCCCCCCCC(C)C. The Morgan fingerprint density at radius 2 is 0.493 bits per heavy atom. The fourth-order valence-corrected chi connectivity index (χ4v) is 9.40. The Morgan fingerprint density at radius 3 is 0.731 bits per heavy atom. The average Bonchev–Trinajstić information content (AvgIpc) is 3.30. The highest BCUT2D eigenvalue weighted by molar-refractivity contribution is 5.71. The Balaban J connectivity index is 4.24. The first-order valence-corrected chi connectivity index (χ1v) is 30.2. The molecule has 0 aliphatic carbocycles. The fraction of sp³-hybridized carbons (Fsp3) is 0.951. The van der Waals surface area contributed by atoms with Crippen LogP contribution in [-0.4, -0.2) is 37.2 Å². The lowest BCUT2D eigenvalue weighted by Crippen LogP contribution is -2.30. The number of hydrogen-bond donors (Lipinski definition) is 0. The molecule has 0 fully saturated rings. The zero-order valence-electron chi connectivity index (χ0n) is 46.0. The van der Waals surface area contributed by atoms with E-state index in [4.69, 9.17) is 14.2 Å². The lowest BCUT2D eigenvalue weighted by Gasteiger charge is -2.18. The standard InChI is InChI=1S/C61H118O6/c1-6-7-8-9-10-11-12-19-26-31-36-41-46-51-59(62)65-54-58(67-61(64)53-48-43-38-33-28-23-22-25-30-35-40-45-50-57(4)5)55-66-60(63)52-47-42-37-32-27-21-18-16-14-13-15-17-20-24-29-34-39-44-49-56(2)3/h56-58H,6-55H2,1-5H3/t58-/m1/s1. The van der Waals surface area contributed by atoms with Gasteiger partial charge in [-0.25, -0.2) is 0 Å². The molecule has 6 heteroatoms. The first-order chi connectivity index (χ1) is 32.7. The summed E-state index contributed by atoms with van der Waals surface area (Å²) in [4.78, 5) is 38.2. The minimum absolute atomic E-state index is 0.0623. The van der Waals surface area contributed by atoms with Crippen molar-refractivity contribution in [1.29, 1.82) is 0 Å². The molecule has 0 aliphatic heterocycles. The van der Waals surface area contributed by atoms with Crippen LogP contribution in [0.2, 0.25) is 0 Å². The molecule has 0 aromatic carbocycles. The van der Waals surface area contributed by atoms with Crippen molar-refractivity contribution < 1.29 is 28.6 Å². The molecule has 1 atom stereocenters. The lowest BCUT2D eigenvalue weighted by molar-refractivity contribution is -0.167. The highest BCUT2D eigenvalue weighted by atomic mass is 16.6. The Bertz CT molecular complexity index is 1020. The smallest absolute Gasteiger partial charge is 0.306 e. The van der Waals surface area contributed by atoms with Crippen LogP contribution in [-0.2, 0) is 28.6 Å². The molecule has 0 heterocycles. The molecule has 0 saturated carbocycles. The molecule has 398 valence electrons. The van der Waals surface area contributed by atoms with Crippen LogP contribution in [0.3, 0.4) is 0 Å². The second-order valence-electron chi connectivity index (χ2n) is 21.9. The van der Waals surface area contributed by atoms with Crippen molar-refractivity contribution in [3.8, 4) is 0 Å². The van der Waals surface area contributed by atoms with Gasteiger partial charge >= 0.3 is 17.9 Å². The van der Waals surface area contributed by atoms with Gasteiger partial charge in [0.2, 0.25) is 0 Å². The number of hydrogen-bond acceptors (Lipinski definition) is 6. The zero-order chi connectivity index (χ0) is 48.9. The number of carbonyl (C=O) groups is 3. The molecule has 67 heavy (non-hydrogen) atoms. The summed E-state index contributed by atoms with van der Waals surface area (Å²) in [6.07, 6.45) is 58.1. The third-order valence-corrected chi connectivity index (χ3v) is 14.0. The van der Waals surface area contributed by atoms with Crippen LogP contribution in [0.15, 0.2) is 0 Å². The van der Waals surface area contributed by atoms with Gasteiger partial charge in [-0.2, -0.15) is 0 Å². The highest BCUT2D eigenvalue weighted by Crippen LogP contribution is 2.18. The number of ether oxygens (including phenoxy) is 3. The van der Waals surface area contributed by atoms with E-state index in [0.29, 0.717) is 19.3 Å². The summed E-state index contributed by atoms with van der Waals surface area (Å²) in [6, 6.07) is 0. The maximum Gasteiger partial charge on any atom is 0.306 e. The van der Waals surface area contributed by atoms with Crippen molar-refractivity contribution >= 4 is 17.9 Å². The molecule has 0 spiro atoms. The monoisotopic (exact) mass is 947 g/mol. The first-order valence-electron chi connectivity index (χ1n) is 30.2. The van der Waals surface area contributed by atoms with E-state index in [0.717, 1.165) is 69.6 Å². The van der Waals surface area contributed by atoms with E-state index in [1.165, 1.54) is 231 Å². The maximum atomic E-state index is 12.9.